The fourth-order valence-corrected chi connectivity index (χ4v) is 1.77. The number of carbonyl (C=O) groups excluding carboxylic acids is 1. The van der Waals surface area contributed by atoms with E-state index in [0.717, 1.165) is 11.6 Å². The van der Waals surface area contributed by atoms with Gasteiger partial charge in [0.15, 0.2) is 5.69 Å². The predicted octanol–water partition coefficient (Wildman–Crippen LogP) is 2.04. The van der Waals surface area contributed by atoms with Crippen molar-refractivity contribution in [3.8, 4) is 0 Å². The lowest BCUT2D eigenvalue weighted by molar-refractivity contribution is 0.0648. The van der Waals surface area contributed by atoms with E-state index in [0.29, 0.717) is 13.1 Å². The van der Waals surface area contributed by atoms with Crippen molar-refractivity contribution in [1.82, 2.24) is 10.1 Å². The Morgan fingerprint density at radius 2 is 2.00 bits per heavy atom. The van der Waals surface area contributed by atoms with E-state index in [1.54, 1.807) is 4.90 Å². The average Bonchev–Trinajstić information content (AvgIpc) is 2.95. The maximum absolute atomic E-state index is 12.2. The summed E-state index contributed by atoms with van der Waals surface area (Å²) in [7, 11) is 0. The van der Waals surface area contributed by atoms with Crippen molar-refractivity contribution in [3.05, 3.63) is 53.4 Å². The number of aromatic carboxylic acids is 1. The van der Waals surface area contributed by atoms with Crippen LogP contribution in [-0.4, -0.2) is 33.6 Å². The first-order chi connectivity index (χ1) is 9.61. The van der Waals surface area contributed by atoms with Gasteiger partial charge in [-0.3, -0.25) is 4.79 Å². The van der Waals surface area contributed by atoms with Gasteiger partial charge in [0.2, 0.25) is 5.76 Å². The zero-order valence-electron chi connectivity index (χ0n) is 10.9. The van der Waals surface area contributed by atoms with Crippen LogP contribution >= 0.6 is 0 Å². The molecular weight excluding hydrogens is 260 g/mol. The molecule has 1 N–H and O–H groups in total. The van der Waals surface area contributed by atoms with Gasteiger partial charge in [0.05, 0.1) is 0 Å². The van der Waals surface area contributed by atoms with Crippen LogP contribution in [-0.2, 0) is 6.54 Å². The molecule has 2 rings (SSSR count). The van der Waals surface area contributed by atoms with Gasteiger partial charge in [-0.05, 0) is 12.5 Å². The molecule has 1 amide bonds. The van der Waals surface area contributed by atoms with Crippen LogP contribution in [0.5, 0.6) is 0 Å². The summed E-state index contributed by atoms with van der Waals surface area (Å²) < 4.78 is 4.60. The lowest BCUT2D eigenvalue weighted by Gasteiger charge is -2.19. The lowest BCUT2D eigenvalue weighted by Crippen LogP contribution is -2.30. The van der Waals surface area contributed by atoms with Crippen LogP contribution in [0.25, 0.3) is 0 Å². The summed E-state index contributed by atoms with van der Waals surface area (Å²) in [5.74, 6) is -1.95. The molecular formula is C14H14N2O4. The highest BCUT2D eigenvalue weighted by atomic mass is 16.5. The summed E-state index contributed by atoms with van der Waals surface area (Å²) >= 11 is 0. The van der Waals surface area contributed by atoms with Crippen LogP contribution in [0.2, 0.25) is 0 Å². The SMILES string of the molecule is CCN(Cc1ccccc1)C(=O)c1cc(C(=O)O)on1. The molecule has 0 aliphatic carbocycles. The zero-order valence-corrected chi connectivity index (χ0v) is 10.9. The minimum Gasteiger partial charge on any atom is -0.475 e. The third kappa shape index (κ3) is 3.03. The molecule has 0 saturated heterocycles. The summed E-state index contributed by atoms with van der Waals surface area (Å²) in [5, 5.41) is 12.3. The molecule has 2 aromatic rings. The summed E-state index contributed by atoms with van der Waals surface area (Å²) in [6, 6.07) is 10.7. The Kier molecular flexibility index (Phi) is 4.14. The number of nitrogens with zero attached hydrogens (tertiary/aromatic N) is 2. The molecule has 104 valence electrons. The van der Waals surface area contributed by atoms with Crippen LogP contribution in [0.4, 0.5) is 0 Å². The minimum atomic E-state index is -1.25. The average molecular weight is 274 g/mol. The number of rotatable bonds is 5. The van der Waals surface area contributed by atoms with Crippen molar-refractivity contribution in [2.24, 2.45) is 0 Å². The molecule has 1 aromatic heterocycles. The molecule has 0 aliphatic heterocycles. The van der Waals surface area contributed by atoms with E-state index in [9.17, 15) is 9.59 Å². The molecule has 0 radical (unpaired) electrons. The Balaban J connectivity index is 2.14. The second-order valence-electron chi connectivity index (χ2n) is 4.19. The van der Waals surface area contributed by atoms with E-state index in [1.807, 2.05) is 37.3 Å². The smallest absolute Gasteiger partial charge is 0.374 e. The highest BCUT2D eigenvalue weighted by Crippen LogP contribution is 2.10. The number of amides is 1. The molecule has 0 spiro atoms. The quantitative estimate of drug-likeness (QED) is 0.901. The monoisotopic (exact) mass is 274 g/mol. The Morgan fingerprint density at radius 1 is 1.30 bits per heavy atom. The Hall–Kier alpha value is -2.63. The Morgan fingerprint density at radius 3 is 2.55 bits per heavy atom. The fraction of sp³-hybridized carbons (Fsp3) is 0.214. The lowest BCUT2D eigenvalue weighted by atomic mass is 10.2. The molecule has 0 atom stereocenters. The van der Waals surface area contributed by atoms with Crippen LogP contribution in [0.3, 0.4) is 0 Å². The molecule has 20 heavy (non-hydrogen) atoms. The molecule has 0 fully saturated rings. The normalized spacial score (nSPS) is 10.2. The summed E-state index contributed by atoms with van der Waals surface area (Å²) in [6.45, 7) is 2.77. The first-order valence-corrected chi connectivity index (χ1v) is 6.15. The maximum atomic E-state index is 12.2. The number of carbonyl (C=O) groups is 2. The number of hydrogen-bond acceptors (Lipinski definition) is 4. The van der Waals surface area contributed by atoms with Gasteiger partial charge in [-0.1, -0.05) is 35.5 Å². The molecule has 0 aliphatic rings. The first-order valence-electron chi connectivity index (χ1n) is 6.15. The van der Waals surface area contributed by atoms with E-state index < -0.39 is 5.97 Å². The van der Waals surface area contributed by atoms with E-state index in [4.69, 9.17) is 5.11 Å². The minimum absolute atomic E-state index is 0.000168. The topological polar surface area (TPSA) is 83.6 Å². The van der Waals surface area contributed by atoms with E-state index in [-0.39, 0.29) is 17.4 Å². The predicted molar refractivity (Wildman–Crippen MR) is 70.3 cm³/mol. The third-order valence-electron chi connectivity index (χ3n) is 2.83. The first kappa shape index (κ1) is 13.8. The van der Waals surface area contributed by atoms with Gasteiger partial charge in [0.1, 0.15) is 0 Å². The van der Waals surface area contributed by atoms with Crippen molar-refractivity contribution >= 4 is 11.9 Å². The van der Waals surface area contributed by atoms with Gasteiger partial charge in [-0.25, -0.2) is 4.79 Å². The van der Waals surface area contributed by atoms with E-state index >= 15 is 0 Å². The van der Waals surface area contributed by atoms with E-state index in [1.165, 1.54) is 0 Å². The van der Waals surface area contributed by atoms with Gasteiger partial charge >= 0.3 is 5.97 Å². The van der Waals surface area contributed by atoms with Crippen molar-refractivity contribution < 1.29 is 19.2 Å². The molecule has 1 heterocycles. The largest absolute Gasteiger partial charge is 0.475 e. The molecule has 6 nitrogen and oxygen atoms in total. The second-order valence-corrected chi connectivity index (χ2v) is 4.19. The molecule has 0 saturated carbocycles. The standard InChI is InChI=1S/C14H14N2O4/c1-2-16(9-10-6-4-3-5-7-10)13(17)11-8-12(14(18)19)20-15-11/h3-8H,2,9H2,1H3,(H,18,19). The molecule has 6 heteroatoms. The second kappa shape index (κ2) is 6.01. The van der Waals surface area contributed by atoms with Gasteiger partial charge in [0.25, 0.3) is 5.91 Å². The zero-order chi connectivity index (χ0) is 14.5. The van der Waals surface area contributed by atoms with Crippen molar-refractivity contribution in [2.75, 3.05) is 6.54 Å². The fourth-order valence-electron chi connectivity index (χ4n) is 1.77. The molecule has 1 aromatic carbocycles. The molecule has 0 unspecified atom stereocenters. The number of benzene rings is 1. The molecule has 0 bridgehead atoms. The van der Waals surface area contributed by atoms with Crippen molar-refractivity contribution in [2.45, 2.75) is 13.5 Å². The van der Waals surface area contributed by atoms with Crippen LogP contribution < -0.4 is 0 Å². The number of aromatic nitrogens is 1. The van der Waals surface area contributed by atoms with Crippen molar-refractivity contribution in [3.63, 3.8) is 0 Å². The van der Waals surface area contributed by atoms with Crippen LogP contribution in [0, 0.1) is 0 Å². The summed E-state index contributed by atoms with van der Waals surface area (Å²) in [4.78, 5) is 24.5. The van der Waals surface area contributed by atoms with Gasteiger partial charge in [-0.15, -0.1) is 0 Å². The van der Waals surface area contributed by atoms with E-state index in [2.05, 4.69) is 9.68 Å². The highest BCUT2D eigenvalue weighted by Gasteiger charge is 2.21. The van der Waals surface area contributed by atoms with Gasteiger partial charge in [0, 0.05) is 19.2 Å². The van der Waals surface area contributed by atoms with Crippen molar-refractivity contribution in [1.29, 1.82) is 0 Å². The third-order valence-corrected chi connectivity index (χ3v) is 2.83. The number of carboxylic acids is 1. The summed E-state index contributed by atoms with van der Waals surface area (Å²) in [5.41, 5.74) is 0.991. The summed E-state index contributed by atoms with van der Waals surface area (Å²) in [6.07, 6.45) is 0. The van der Waals surface area contributed by atoms with Crippen LogP contribution in [0.15, 0.2) is 40.9 Å². The maximum Gasteiger partial charge on any atom is 0.374 e. The highest BCUT2D eigenvalue weighted by molar-refractivity contribution is 5.94. The number of carboxylic acid groups (broad SMARTS) is 1. The Labute approximate surface area is 115 Å². The van der Waals surface area contributed by atoms with Crippen LogP contribution in [0.1, 0.15) is 33.5 Å². The van der Waals surface area contributed by atoms with Gasteiger partial charge < -0.3 is 14.5 Å². The van der Waals surface area contributed by atoms with Gasteiger partial charge in [-0.2, -0.15) is 0 Å². The number of hydrogen-bond donors (Lipinski definition) is 1. The Bertz CT molecular complexity index is 607.